The number of carbonyl (C=O) groups is 2. The lowest BCUT2D eigenvalue weighted by atomic mass is 10.1. The zero-order valence-electron chi connectivity index (χ0n) is 18.2. The lowest BCUT2D eigenvalue weighted by molar-refractivity contribution is -0.120. The van der Waals surface area contributed by atoms with Crippen LogP contribution < -0.4 is 15.0 Å². The third kappa shape index (κ3) is 4.27. The Morgan fingerprint density at radius 3 is 2.38 bits per heavy atom. The van der Waals surface area contributed by atoms with Crippen LogP contribution in [0, 0.1) is 13.8 Å². The molecule has 162 valence electrons. The highest BCUT2D eigenvalue weighted by molar-refractivity contribution is 8.04. The smallest absolute Gasteiger partial charge is 0.283 e. The molecule has 6 heteroatoms. The molecule has 1 aliphatic heterocycles. The molecular formula is C26H24N2O3S. The lowest BCUT2D eigenvalue weighted by Gasteiger charge is -2.18. The molecule has 5 nitrogen and oxygen atoms in total. The number of hydrogen-bond acceptors (Lipinski definition) is 5. The number of imide groups is 1. The minimum absolute atomic E-state index is 0.247. The number of carbonyl (C=O) groups excluding carboxylic acids is 2. The molecule has 2 amide bonds. The van der Waals surface area contributed by atoms with Crippen molar-refractivity contribution in [2.75, 3.05) is 16.8 Å². The van der Waals surface area contributed by atoms with Gasteiger partial charge in [0.15, 0.2) is 0 Å². The van der Waals surface area contributed by atoms with Gasteiger partial charge in [0.1, 0.15) is 16.4 Å². The molecule has 0 bridgehead atoms. The van der Waals surface area contributed by atoms with Gasteiger partial charge < -0.3 is 10.1 Å². The van der Waals surface area contributed by atoms with Crippen LogP contribution in [0.2, 0.25) is 0 Å². The molecule has 3 aromatic carbocycles. The molecule has 0 spiro atoms. The van der Waals surface area contributed by atoms with E-state index in [2.05, 4.69) is 5.32 Å². The number of anilines is 2. The van der Waals surface area contributed by atoms with Gasteiger partial charge in [0, 0.05) is 4.90 Å². The number of hydrogen-bond donors (Lipinski definition) is 1. The number of amides is 2. The van der Waals surface area contributed by atoms with Gasteiger partial charge in [0.2, 0.25) is 0 Å². The van der Waals surface area contributed by atoms with Gasteiger partial charge in [-0.2, -0.15) is 0 Å². The standard InChI is InChI=1S/C26H24N2O3S/c1-4-31-22-13-9-8-12-20(22)27-23-24(32-19-10-6-5-7-11-19)26(30)28(25(23)29)21-16-17(2)14-15-18(21)3/h5-16,27H,4H2,1-3H3. The molecular weight excluding hydrogens is 420 g/mol. The Morgan fingerprint density at radius 2 is 1.62 bits per heavy atom. The van der Waals surface area contributed by atoms with Crippen molar-refractivity contribution in [1.29, 1.82) is 0 Å². The highest BCUT2D eigenvalue weighted by atomic mass is 32.2. The zero-order chi connectivity index (χ0) is 22.7. The summed E-state index contributed by atoms with van der Waals surface area (Å²) in [6.45, 7) is 6.23. The first-order valence-electron chi connectivity index (χ1n) is 10.4. The van der Waals surface area contributed by atoms with Crippen molar-refractivity contribution in [2.45, 2.75) is 25.7 Å². The summed E-state index contributed by atoms with van der Waals surface area (Å²) in [5.41, 5.74) is 3.32. The zero-order valence-corrected chi connectivity index (χ0v) is 19.0. The number of thioether (sulfide) groups is 1. The molecule has 0 atom stereocenters. The molecule has 0 saturated carbocycles. The van der Waals surface area contributed by atoms with Crippen LogP contribution in [-0.4, -0.2) is 18.4 Å². The SMILES string of the molecule is CCOc1ccccc1NC1=C(Sc2ccccc2)C(=O)N(c2cc(C)ccc2C)C1=O. The summed E-state index contributed by atoms with van der Waals surface area (Å²) in [4.78, 5) is 29.6. The van der Waals surface area contributed by atoms with Crippen molar-refractivity contribution in [2.24, 2.45) is 0 Å². The summed E-state index contributed by atoms with van der Waals surface area (Å²) in [7, 11) is 0. The molecule has 1 heterocycles. The van der Waals surface area contributed by atoms with E-state index in [1.165, 1.54) is 16.7 Å². The fourth-order valence-corrected chi connectivity index (χ4v) is 4.43. The third-order valence-electron chi connectivity index (χ3n) is 5.06. The van der Waals surface area contributed by atoms with Crippen LogP contribution in [0.25, 0.3) is 0 Å². The molecule has 1 N–H and O–H groups in total. The Balaban J connectivity index is 1.79. The lowest BCUT2D eigenvalue weighted by Crippen LogP contribution is -2.33. The number of para-hydroxylation sites is 2. The summed E-state index contributed by atoms with van der Waals surface area (Å²) >= 11 is 1.28. The molecule has 0 unspecified atom stereocenters. The highest BCUT2D eigenvalue weighted by Crippen LogP contribution is 2.39. The van der Waals surface area contributed by atoms with E-state index in [0.29, 0.717) is 28.6 Å². The minimum atomic E-state index is -0.381. The fraction of sp³-hybridized carbons (Fsp3) is 0.154. The third-order valence-corrected chi connectivity index (χ3v) is 6.15. The molecule has 32 heavy (non-hydrogen) atoms. The van der Waals surface area contributed by atoms with Crippen molar-refractivity contribution in [3.05, 3.63) is 94.5 Å². The maximum absolute atomic E-state index is 13.6. The van der Waals surface area contributed by atoms with Crippen molar-refractivity contribution in [1.82, 2.24) is 0 Å². The van der Waals surface area contributed by atoms with E-state index in [-0.39, 0.29) is 17.5 Å². The number of ether oxygens (including phenoxy) is 1. The van der Waals surface area contributed by atoms with Gasteiger partial charge in [-0.3, -0.25) is 9.59 Å². The summed E-state index contributed by atoms with van der Waals surface area (Å²) in [6.07, 6.45) is 0. The predicted molar refractivity (Wildman–Crippen MR) is 129 cm³/mol. The Morgan fingerprint density at radius 1 is 0.906 bits per heavy atom. The second kappa shape index (κ2) is 9.32. The number of benzene rings is 3. The summed E-state index contributed by atoms with van der Waals surface area (Å²) in [5, 5.41) is 3.20. The second-order valence-electron chi connectivity index (χ2n) is 7.41. The molecule has 4 rings (SSSR count). The average molecular weight is 445 g/mol. The number of aryl methyl sites for hydroxylation is 2. The Hall–Kier alpha value is -3.51. The monoisotopic (exact) mass is 444 g/mol. The average Bonchev–Trinajstić information content (AvgIpc) is 3.01. The maximum atomic E-state index is 13.6. The first-order valence-corrected chi connectivity index (χ1v) is 11.2. The first kappa shape index (κ1) is 21.7. The topological polar surface area (TPSA) is 58.6 Å². The van der Waals surface area contributed by atoms with Crippen molar-refractivity contribution >= 4 is 35.0 Å². The molecule has 0 fully saturated rings. The molecule has 0 saturated heterocycles. The largest absolute Gasteiger partial charge is 0.492 e. The molecule has 1 aliphatic rings. The second-order valence-corrected chi connectivity index (χ2v) is 8.49. The van der Waals surface area contributed by atoms with Crippen molar-refractivity contribution in [3.63, 3.8) is 0 Å². The van der Waals surface area contributed by atoms with Crippen LogP contribution >= 0.6 is 11.8 Å². The van der Waals surface area contributed by atoms with Crippen LogP contribution in [0.1, 0.15) is 18.1 Å². The van der Waals surface area contributed by atoms with E-state index in [1.807, 2.05) is 93.6 Å². The Bertz CT molecular complexity index is 1200. The molecule has 0 radical (unpaired) electrons. The van der Waals surface area contributed by atoms with Crippen LogP contribution in [0.15, 0.2) is 88.3 Å². The first-order chi connectivity index (χ1) is 15.5. The van der Waals surface area contributed by atoms with Crippen LogP contribution in [0.4, 0.5) is 11.4 Å². The number of nitrogens with zero attached hydrogens (tertiary/aromatic N) is 1. The summed E-state index contributed by atoms with van der Waals surface area (Å²) in [5.74, 6) is -0.0978. The summed E-state index contributed by atoms with van der Waals surface area (Å²) in [6, 6.07) is 22.7. The quantitative estimate of drug-likeness (QED) is 0.474. The Kier molecular flexibility index (Phi) is 6.32. The highest BCUT2D eigenvalue weighted by Gasteiger charge is 2.41. The predicted octanol–water partition coefficient (Wildman–Crippen LogP) is 5.69. The van der Waals surface area contributed by atoms with Gasteiger partial charge in [-0.1, -0.05) is 54.2 Å². The van der Waals surface area contributed by atoms with Crippen molar-refractivity contribution < 1.29 is 14.3 Å². The van der Waals surface area contributed by atoms with Gasteiger partial charge in [0.25, 0.3) is 11.8 Å². The van der Waals surface area contributed by atoms with Gasteiger partial charge in [-0.15, -0.1) is 0 Å². The van der Waals surface area contributed by atoms with E-state index in [4.69, 9.17) is 4.74 Å². The summed E-state index contributed by atoms with van der Waals surface area (Å²) < 4.78 is 5.71. The van der Waals surface area contributed by atoms with Crippen LogP contribution in [0.3, 0.4) is 0 Å². The van der Waals surface area contributed by atoms with Crippen LogP contribution in [0.5, 0.6) is 5.75 Å². The normalized spacial score (nSPS) is 13.7. The van der Waals surface area contributed by atoms with E-state index in [1.54, 1.807) is 0 Å². The fourth-order valence-electron chi connectivity index (χ4n) is 3.49. The molecule has 0 aliphatic carbocycles. The van der Waals surface area contributed by atoms with E-state index in [0.717, 1.165) is 16.0 Å². The van der Waals surface area contributed by atoms with Crippen LogP contribution in [-0.2, 0) is 9.59 Å². The van der Waals surface area contributed by atoms with Gasteiger partial charge in [-0.25, -0.2) is 4.90 Å². The van der Waals surface area contributed by atoms with E-state index in [9.17, 15) is 9.59 Å². The van der Waals surface area contributed by atoms with E-state index >= 15 is 0 Å². The number of nitrogens with one attached hydrogen (secondary N) is 1. The Labute approximate surface area is 192 Å². The number of rotatable bonds is 7. The van der Waals surface area contributed by atoms with Gasteiger partial charge in [-0.05, 0) is 62.2 Å². The maximum Gasteiger partial charge on any atom is 0.283 e. The van der Waals surface area contributed by atoms with E-state index < -0.39 is 0 Å². The minimum Gasteiger partial charge on any atom is -0.492 e. The van der Waals surface area contributed by atoms with Gasteiger partial charge >= 0.3 is 0 Å². The molecule has 3 aromatic rings. The van der Waals surface area contributed by atoms with Crippen molar-refractivity contribution in [3.8, 4) is 5.75 Å². The van der Waals surface area contributed by atoms with Gasteiger partial charge in [0.05, 0.1) is 18.0 Å². The molecule has 0 aromatic heterocycles.